The molecule has 1 aliphatic rings. The first-order valence-corrected chi connectivity index (χ1v) is 12.9. The topological polar surface area (TPSA) is 64.0 Å². The van der Waals surface area contributed by atoms with Crippen LogP contribution in [0.5, 0.6) is 0 Å². The van der Waals surface area contributed by atoms with Crippen LogP contribution in [0.4, 0.5) is 0 Å². The fraction of sp³-hybridized carbons (Fsp3) is 0.435. The van der Waals surface area contributed by atoms with E-state index in [0.717, 1.165) is 47.9 Å². The van der Waals surface area contributed by atoms with Gasteiger partial charge in [-0.05, 0) is 61.4 Å². The lowest BCUT2D eigenvalue weighted by Crippen LogP contribution is -2.27. The molecule has 8 heteroatoms. The van der Waals surface area contributed by atoms with Crippen molar-refractivity contribution < 1.29 is 4.79 Å². The van der Waals surface area contributed by atoms with Gasteiger partial charge in [0.15, 0.2) is 5.16 Å². The third kappa shape index (κ3) is 4.83. The Morgan fingerprint density at radius 1 is 1.35 bits per heavy atom. The average molecular weight is 476 g/mol. The van der Waals surface area contributed by atoms with Gasteiger partial charge in [0.25, 0.3) is 5.56 Å². The highest BCUT2D eigenvalue weighted by Crippen LogP contribution is 2.37. The van der Waals surface area contributed by atoms with Gasteiger partial charge in [-0.3, -0.25) is 14.2 Å². The molecule has 0 fully saturated rings. The number of unbranched alkanes of at least 4 members (excludes halogenated alkanes) is 1. The fourth-order valence-electron chi connectivity index (χ4n) is 3.87. The molecular formula is C23H26ClN3O2S2. The number of rotatable bonds is 7. The summed E-state index contributed by atoms with van der Waals surface area (Å²) in [6.07, 6.45) is 4.99. The number of hydrogen-bond acceptors (Lipinski definition) is 5. The monoisotopic (exact) mass is 475 g/mol. The molecule has 2 aromatic heterocycles. The second-order valence-corrected chi connectivity index (χ2v) is 10.5. The molecule has 0 spiro atoms. The van der Waals surface area contributed by atoms with E-state index in [9.17, 15) is 9.59 Å². The van der Waals surface area contributed by atoms with Crippen molar-refractivity contribution in [3.8, 4) is 5.69 Å². The van der Waals surface area contributed by atoms with Gasteiger partial charge in [0.1, 0.15) is 4.83 Å². The van der Waals surface area contributed by atoms with E-state index in [1.54, 1.807) is 28.0 Å². The lowest BCUT2D eigenvalue weighted by atomic mass is 9.89. The van der Waals surface area contributed by atoms with Crippen molar-refractivity contribution in [1.82, 2.24) is 14.9 Å². The van der Waals surface area contributed by atoms with Crippen molar-refractivity contribution in [1.29, 1.82) is 0 Å². The van der Waals surface area contributed by atoms with Crippen molar-refractivity contribution in [2.75, 3.05) is 12.3 Å². The summed E-state index contributed by atoms with van der Waals surface area (Å²) in [6.45, 7) is 5.01. The zero-order valence-corrected chi connectivity index (χ0v) is 20.1. The van der Waals surface area contributed by atoms with Crippen molar-refractivity contribution in [2.24, 2.45) is 5.92 Å². The number of benzene rings is 1. The molecule has 5 nitrogen and oxygen atoms in total. The predicted molar refractivity (Wildman–Crippen MR) is 130 cm³/mol. The van der Waals surface area contributed by atoms with Gasteiger partial charge in [-0.15, -0.1) is 11.3 Å². The summed E-state index contributed by atoms with van der Waals surface area (Å²) in [5, 5.41) is 4.81. The van der Waals surface area contributed by atoms with Crippen LogP contribution in [0.15, 0.2) is 34.2 Å². The van der Waals surface area contributed by atoms with Gasteiger partial charge in [-0.2, -0.15) is 0 Å². The van der Waals surface area contributed by atoms with Crippen molar-refractivity contribution in [3.05, 3.63) is 50.1 Å². The predicted octanol–water partition coefficient (Wildman–Crippen LogP) is 5.23. The Morgan fingerprint density at radius 3 is 2.87 bits per heavy atom. The fourth-order valence-corrected chi connectivity index (χ4v) is 6.26. The SMILES string of the molecule is CCCCNC(=O)CSc1nc2sc3c(c2c(=O)n1-c1ccc(Cl)cc1)CCC(C)C3. The minimum Gasteiger partial charge on any atom is -0.355 e. The lowest BCUT2D eigenvalue weighted by Gasteiger charge is -2.18. The number of aromatic nitrogens is 2. The number of hydrogen-bond donors (Lipinski definition) is 1. The number of carbonyl (C=O) groups is 1. The first kappa shape index (κ1) is 22.4. The van der Waals surface area contributed by atoms with E-state index in [1.807, 2.05) is 12.1 Å². The summed E-state index contributed by atoms with van der Waals surface area (Å²) < 4.78 is 1.63. The van der Waals surface area contributed by atoms with Gasteiger partial charge >= 0.3 is 0 Å². The molecule has 2 heterocycles. The number of halogens is 1. The molecule has 31 heavy (non-hydrogen) atoms. The summed E-state index contributed by atoms with van der Waals surface area (Å²) in [7, 11) is 0. The summed E-state index contributed by atoms with van der Waals surface area (Å²) in [5.74, 6) is 0.798. The quantitative estimate of drug-likeness (QED) is 0.288. The number of carbonyl (C=O) groups excluding carboxylic acids is 1. The molecule has 0 saturated carbocycles. The molecule has 1 amide bonds. The van der Waals surface area contributed by atoms with Crippen LogP contribution >= 0.6 is 34.7 Å². The minimum atomic E-state index is -0.0618. The lowest BCUT2D eigenvalue weighted by molar-refractivity contribution is -0.118. The molecule has 1 atom stereocenters. The van der Waals surface area contributed by atoms with E-state index in [1.165, 1.54) is 16.6 Å². The van der Waals surface area contributed by atoms with Crippen LogP contribution in [-0.4, -0.2) is 27.8 Å². The van der Waals surface area contributed by atoms with Crippen LogP contribution in [0, 0.1) is 5.92 Å². The molecule has 3 aromatic rings. The maximum atomic E-state index is 13.7. The van der Waals surface area contributed by atoms with E-state index < -0.39 is 0 Å². The Bertz CT molecular complexity index is 1150. The van der Waals surface area contributed by atoms with E-state index in [0.29, 0.717) is 28.3 Å². The van der Waals surface area contributed by atoms with Gasteiger partial charge in [-0.1, -0.05) is 43.6 Å². The smallest absolute Gasteiger partial charge is 0.267 e. The van der Waals surface area contributed by atoms with Crippen LogP contribution in [0.1, 0.15) is 43.6 Å². The summed E-state index contributed by atoms with van der Waals surface area (Å²) in [4.78, 5) is 32.9. The van der Waals surface area contributed by atoms with Crippen molar-refractivity contribution >= 4 is 50.8 Å². The third-order valence-corrected chi connectivity index (χ3v) is 7.91. The Kier molecular flexibility index (Phi) is 7.04. The van der Waals surface area contributed by atoms with Crippen molar-refractivity contribution in [2.45, 2.75) is 51.1 Å². The van der Waals surface area contributed by atoms with Crippen molar-refractivity contribution in [3.63, 3.8) is 0 Å². The average Bonchev–Trinajstić information content (AvgIpc) is 3.11. The molecule has 0 radical (unpaired) electrons. The van der Waals surface area contributed by atoms with Gasteiger partial charge < -0.3 is 5.32 Å². The number of nitrogens with one attached hydrogen (secondary N) is 1. The zero-order chi connectivity index (χ0) is 22.0. The van der Waals surface area contributed by atoms with Crippen LogP contribution in [0.3, 0.4) is 0 Å². The molecular weight excluding hydrogens is 450 g/mol. The molecule has 1 unspecified atom stereocenters. The van der Waals surface area contributed by atoms with E-state index >= 15 is 0 Å². The van der Waals surface area contributed by atoms with E-state index in [2.05, 4.69) is 19.2 Å². The Hall–Kier alpha value is -1.83. The Balaban J connectivity index is 1.76. The number of aryl methyl sites for hydroxylation is 1. The largest absolute Gasteiger partial charge is 0.355 e. The van der Waals surface area contributed by atoms with Gasteiger partial charge in [0.05, 0.1) is 16.8 Å². The molecule has 1 N–H and O–H groups in total. The number of amides is 1. The highest BCUT2D eigenvalue weighted by molar-refractivity contribution is 7.99. The minimum absolute atomic E-state index is 0.0465. The van der Waals surface area contributed by atoms with Crippen LogP contribution in [0.2, 0.25) is 5.02 Å². The molecule has 0 aliphatic heterocycles. The maximum absolute atomic E-state index is 13.7. The Labute approximate surface area is 195 Å². The van der Waals surface area contributed by atoms with Crippen LogP contribution < -0.4 is 10.9 Å². The number of thiophene rings is 1. The van der Waals surface area contributed by atoms with E-state index in [-0.39, 0.29) is 17.2 Å². The molecule has 164 valence electrons. The van der Waals surface area contributed by atoms with Gasteiger partial charge in [0, 0.05) is 16.4 Å². The first-order valence-electron chi connectivity index (χ1n) is 10.7. The number of nitrogens with zero attached hydrogens (tertiary/aromatic N) is 2. The second kappa shape index (κ2) is 9.76. The van der Waals surface area contributed by atoms with Crippen LogP contribution in [0.25, 0.3) is 15.9 Å². The highest BCUT2D eigenvalue weighted by atomic mass is 35.5. The summed E-state index contributed by atoms with van der Waals surface area (Å²) in [5.41, 5.74) is 1.81. The van der Waals surface area contributed by atoms with Gasteiger partial charge in [-0.25, -0.2) is 4.98 Å². The highest BCUT2D eigenvalue weighted by Gasteiger charge is 2.25. The summed E-state index contributed by atoms with van der Waals surface area (Å²) >= 11 is 9.00. The van der Waals surface area contributed by atoms with Gasteiger partial charge in [0.2, 0.25) is 5.91 Å². The molecule has 4 rings (SSSR count). The number of fused-ring (bicyclic) bond motifs is 3. The standard InChI is InChI=1S/C23H26ClN3O2S2/c1-3-4-11-25-19(28)13-30-23-26-21-20(17-10-5-14(2)12-18(17)31-21)22(29)27(23)16-8-6-15(24)7-9-16/h6-9,14H,3-5,10-13H2,1-2H3,(H,25,28). The molecule has 1 aliphatic carbocycles. The zero-order valence-electron chi connectivity index (χ0n) is 17.7. The summed E-state index contributed by atoms with van der Waals surface area (Å²) in [6, 6.07) is 7.18. The van der Waals surface area contributed by atoms with Crippen LogP contribution in [-0.2, 0) is 17.6 Å². The maximum Gasteiger partial charge on any atom is 0.267 e. The molecule has 0 bridgehead atoms. The Morgan fingerprint density at radius 2 is 2.13 bits per heavy atom. The molecule has 0 saturated heterocycles. The molecule has 1 aromatic carbocycles. The normalized spacial score (nSPS) is 15.8. The third-order valence-electron chi connectivity index (χ3n) is 5.57. The van der Waals surface area contributed by atoms with E-state index in [4.69, 9.17) is 16.6 Å². The number of thioether (sulfide) groups is 1. The first-order chi connectivity index (χ1) is 15.0. The second-order valence-electron chi connectivity index (χ2n) is 8.04.